The Balaban J connectivity index is 1.82. The van der Waals surface area contributed by atoms with Gasteiger partial charge in [0.2, 0.25) is 0 Å². The summed E-state index contributed by atoms with van der Waals surface area (Å²) >= 11 is 9.39. The molecule has 0 radical (unpaired) electrons. The lowest BCUT2D eigenvalue weighted by Crippen LogP contribution is -2.18. The van der Waals surface area contributed by atoms with Crippen molar-refractivity contribution in [2.75, 3.05) is 11.9 Å². The summed E-state index contributed by atoms with van der Waals surface area (Å²) in [5.74, 6) is 0. The number of nitrogens with one attached hydrogen (secondary N) is 1. The van der Waals surface area contributed by atoms with Crippen LogP contribution in [-0.4, -0.2) is 21.3 Å². The Kier molecular flexibility index (Phi) is 4.01. The number of rotatable bonds is 5. The SMILES string of the molecule is OCC(Nc1ccc(Cl)c(Br)c1)c1cncn1C1CC1. The molecule has 0 amide bonds. The van der Waals surface area contributed by atoms with E-state index in [4.69, 9.17) is 11.6 Å². The second-order valence-corrected chi connectivity index (χ2v) is 6.23. The molecule has 1 aliphatic carbocycles. The van der Waals surface area contributed by atoms with Crippen molar-refractivity contribution in [3.05, 3.63) is 45.9 Å². The first-order valence-electron chi connectivity index (χ1n) is 6.53. The normalized spacial score (nSPS) is 16.1. The van der Waals surface area contributed by atoms with E-state index < -0.39 is 0 Å². The lowest BCUT2D eigenvalue weighted by atomic mass is 10.2. The molecule has 1 saturated carbocycles. The summed E-state index contributed by atoms with van der Waals surface area (Å²) < 4.78 is 2.98. The van der Waals surface area contributed by atoms with E-state index in [-0.39, 0.29) is 12.6 Å². The van der Waals surface area contributed by atoms with Gasteiger partial charge in [0, 0.05) is 16.2 Å². The Morgan fingerprint density at radius 1 is 1.50 bits per heavy atom. The van der Waals surface area contributed by atoms with E-state index in [0.29, 0.717) is 11.1 Å². The second-order valence-electron chi connectivity index (χ2n) is 4.97. The Bertz CT molecular complexity index is 612. The first-order chi connectivity index (χ1) is 9.69. The molecule has 1 aliphatic rings. The van der Waals surface area contributed by atoms with Crippen molar-refractivity contribution in [1.29, 1.82) is 0 Å². The number of benzene rings is 1. The van der Waals surface area contributed by atoms with Crippen LogP contribution >= 0.6 is 27.5 Å². The molecule has 0 bridgehead atoms. The third kappa shape index (κ3) is 2.85. The number of hydrogen-bond acceptors (Lipinski definition) is 3. The number of aromatic nitrogens is 2. The zero-order valence-corrected chi connectivity index (χ0v) is 13.1. The molecular weight excluding hydrogens is 342 g/mol. The van der Waals surface area contributed by atoms with Crippen LogP contribution < -0.4 is 5.32 Å². The summed E-state index contributed by atoms with van der Waals surface area (Å²) in [6, 6.07) is 5.99. The number of nitrogens with zero attached hydrogens (tertiary/aromatic N) is 2. The van der Waals surface area contributed by atoms with Gasteiger partial charge in [0.05, 0.1) is 35.9 Å². The smallest absolute Gasteiger partial charge is 0.0951 e. The third-order valence-corrected chi connectivity index (χ3v) is 4.65. The quantitative estimate of drug-likeness (QED) is 0.857. The minimum atomic E-state index is -0.175. The van der Waals surface area contributed by atoms with Crippen molar-refractivity contribution < 1.29 is 5.11 Å². The molecule has 2 N–H and O–H groups in total. The molecule has 0 aliphatic heterocycles. The molecule has 20 heavy (non-hydrogen) atoms. The Morgan fingerprint density at radius 2 is 2.30 bits per heavy atom. The molecule has 1 fully saturated rings. The van der Waals surface area contributed by atoms with Gasteiger partial charge in [-0.1, -0.05) is 11.6 Å². The molecule has 1 heterocycles. The second kappa shape index (κ2) is 5.76. The molecule has 0 saturated heterocycles. The molecule has 1 aromatic heterocycles. The molecule has 106 valence electrons. The maximum Gasteiger partial charge on any atom is 0.0951 e. The van der Waals surface area contributed by atoms with Crippen molar-refractivity contribution in [2.24, 2.45) is 0 Å². The number of aliphatic hydroxyl groups is 1. The average Bonchev–Trinajstić information content (AvgIpc) is 3.18. The minimum Gasteiger partial charge on any atom is -0.394 e. The van der Waals surface area contributed by atoms with Crippen LogP contribution in [-0.2, 0) is 0 Å². The van der Waals surface area contributed by atoms with E-state index in [0.717, 1.165) is 15.9 Å². The number of anilines is 1. The van der Waals surface area contributed by atoms with Crippen molar-refractivity contribution in [1.82, 2.24) is 9.55 Å². The van der Waals surface area contributed by atoms with Gasteiger partial charge in [-0.3, -0.25) is 0 Å². The van der Waals surface area contributed by atoms with E-state index in [1.165, 1.54) is 12.8 Å². The van der Waals surface area contributed by atoms with Crippen molar-refractivity contribution in [3.63, 3.8) is 0 Å². The molecule has 6 heteroatoms. The van der Waals surface area contributed by atoms with Crippen LogP contribution in [0.1, 0.15) is 30.6 Å². The predicted molar refractivity (Wildman–Crippen MR) is 83.1 cm³/mol. The van der Waals surface area contributed by atoms with Crippen LogP contribution in [0.15, 0.2) is 35.2 Å². The van der Waals surface area contributed by atoms with Gasteiger partial charge in [-0.15, -0.1) is 0 Å². The van der Waals surface area contributed by atoms with Crippen LogP contribution in [0.4, 0.5) is 5.69 Å². The summed E-state index contributed by atoms with van der Waals surface area (Å²) in [5.41, 5.74) is 1.92. The maximum absolute atomic E-state index is 9.67. The van der Waals surface area contributed by atoms with Crippen LogP contribution in [0.2, 0.25) is 5.02 Å². The predicted octanol–water partition coefficient (Wildman–Crippen LogP) is 3.78. The van der Waals surface area contributed by atoms with Crippen LogP contribution in [0, 0.1) is 0 Å². The Hall–Kier alpha value is -1.04. The van der Waals surface area contributed by atoms with E-state index in [1.807, 2.05) is 30.7 Å². The highest BCUT2D eigenvalue weighted by atomic mass is 79.9. The number of halogens is 2. The minimum absolute atomic E-state index is 0.0126. The summed E-state index contributed by atoms with van der Waals surface area (Å²) in [6.45, 7) is 0.0126. The zero-order valence-electron chi connectivity index (χ0n) is 10.8. The number of hydrogen-bond donors (Lipinski definition) is 2. The van der Waals surface area contributed by atoms with Gasteiger partial charge >= 0.3 is 0 Å². The van der Waals surface area contributed by atoms with Gasteiger partial charge in [-0.05, 0) is 47.0 Å². The summed E-state index contributed by atoms with van der Waals surface area (Å²) in [4.78, 5) is 4.21. The van der Waals surface area contributed by atoms with Crippen molar-refractivity contribution in [3.8, 4) is 0 Å². The van der Waals surface area contributed by atoms with Crippen LogP contribution in [0.25, 0.3) is 0 Å². The summed E-state index contributed by atoms with van der Waals surface area (Å²) in [6.07, 6.45) is 6.04. The number of aliphatic hydroxyl groups excluding tert-OH is 1. The fourth-order valence-electron chi connectivity index (χ4n) is 2.24. The molecule has 1 unspecified atom stereocenters. The largest absolute Gasteiger partial charge is 0.394 e. The molecular formula is C14H15BrClN3O. The van der Waals surface area contributed by atoms with E-state index in [9.17, 15) is 5.11 Å². The standard InChI is InChI=1S/C14H15BrClN3O/c15-11-5-9(1-4-12(11)16)18-13(7-20)14-6-17-8-19(14)10-2-3-10/h1,4-6,8,10,13,18,20H,2-3,7H2. The van der Waals surface area contributed by atoms with Crippen molar-refractivity contribution in [2.45, 2.75) is 24.9 Å². The van der Waals surface area contributed by atoms with E-state index in [2.05, 4.69) is 30.8 Å². The summed E-state index contributed by atoms with van der Waals surface area (Å²) in [5, 5.41) is 13.7. The molecule has 0 spiro atoms. The van der Waals surface area contributed by atoms with Gasteiger partial charge in [-0.25, -0.2) is 4.98 Å². The summed E-state index contributed by atoms with van der Waals surface area (Å²) in [7, 11) is 0. The van der Waals surface area contributed by atoms with E-state index >= 15 is 0 Å². The topological polar surface area (TPSA) is 50.1 Å². The Morgan fingerprint density at radius 3 is 2.95 bits per heavy atom. The average molecular weight is 357 g/mol. The van der Waals surface area contributed by atoms with Gasteiger partial charge in [-0.2, -0.15) is 0 Å². The maximum atomic E-state index is 9.67. The Labute approximate surface area is 130 Å². The molecule has 1 atom stereocenters. The lowest BCUT2D eigenvalue weighted by molar-refractivity contribution is 0.272. The molecule has 4 nitrogen and oxygen atoms in total. The fraction of sp³-hybridized carbons (Fsp3) is 0.357. The monoisotopic (exact) mass is 355 g/mol. The molecule has 1 aromatic carbocycles. The zero-order chi connectivity index (χ0) is 14.1. The lowest BCUT2D eigenvalue weighted by Gasteiger charge is -2.19. The van der Waals surface area contributed by atoms with Crippen molar-refractivity contribution >= 4 is 33.2 Å². The van der Waals surface area contributed by atoms with Gasteiger partial charge in [0.15, 0.2) is 0 Å². The first kappa shape index (κ1) is 13.9. The third-order valence-electron chi connectivity index (χ3n) is 3.44. The number of imidazole rings is 1. The van der Waals surface area contributed by atoms with Gasteiger partial charge < -0.3 is 15.0 Å². The molecule has 3 rings (SSSR count). The van der Waals surface area contributed by atoms with E-state index in [1.54, 1.807) is 0 Å². The highest BCUT2D eigenvalue weighted by Gasteiger charge is 2.27. The molecule has 2 aromatic rings. The van der Waals surface area contributed by atoms with Gasteiger partial charge in [0.25, 0.3) is 0 Å². The highest BCUT2D eigenvalue weighted by Crippen LogP contribution is 2.37. The van der Waals surface area contributed by atoms with Crippen LogP contribution in [0.5, 0.6) is 0 Å². The van der Waals surface area contributed by atoms with Crippen LogP contribution in [0.3, 0.4) is 0 Å². The highest BCUT2D eigenvalue weighted by molar-refractivity contribution is 9.10. The van der Waals surface area contributed by atoms with Gasteiger partial charge in [0.1, 0.15) is 0 Å². The fourth-order valence-corrected chi connectivity index (χ4v) is 2.74. The first-order valence-corrected chi connectivity index (χ1v) is 7.70.